The second-order valence-corrected chi connectivity index (χ2v) is 6.86. The summed E-state index contributed by atoms with van der Waals surface area (Å²) < 4.78 is 26.5. The highest BCUT2D eigenvalue weighted by Crippen LogP contribution is 2.22. The number of nitrogens with two attached hydrogens (primary N) is 1. The molecule has 0 radical (unpaired) electrons. The van der Waals surface area contributed by atoms with E-state index in [2.05, 4.69) is 4.72 Å². The van der Waals surface area contributed by atoms with Crippen molar-refractivity contribution >= 4 is 10.0 Å². The van der Waals surface area contributed by atoms with Crippen LogP contribution >= 0.6 is 0 Å². The molecule has 96 valence electrons. The van der Waals surface area contributed by atoms with Crippen molar-refractivity contribution in [1.29, 1.82) is 0 Å². The van der Waals surface area contributed by atoms with Gasteiger partial charge in [0.1, 0.15) is 0 Å². The first-order valence-electron chi connectivity index (χ1n) is 6.26. The maximum absolute atomic E-state index is 11.9. The molecule has 0 aromatic heterocycles. The predicted molar refractivity (Wildman–Crippen MR) is 66.7 cm³/mol. The number of hydrogen-bond acceptors (Lipinski definition) is 3. The van der Waals surface area contributed by atoms with Gasteiger partial charge in [-0.15, -0.1) is 0 Å². The molecule has 0 bridgehead atoms. The number of rotatable bonds is 6. The quantitative estimate of drug-likeness (QED) is 0.697. The number of sulfonamides is 1. The van der Waals surface area contributed by atoms with Crippen LogP contribution in [-0.2, 0) is 10.0 Å². The smallest absolute Gasteiger partial charge is 0.214 e. The van der Waals surface area contributed by atoms with Crippen molar-refractivity contribution in [2.24, 2.45) is 5.73 Å². The lowest BCUT2D eigenvalue weighted by atomic mass is 10.0. The highest BCUT2D eigenvalue weighted by molar-refractivity contribution is 7.90. The highest BCUT2D eigenvalue weighted by atomic mass is 32.2. The fourth-order valence-electron chi connectivity index (χ4n) is 2.13. The van der Waals surface area contributed by atoms with Crippen molar-refractivity contribution in [2.45, 2.75) is 63.2 Å². The van der Waals surface area contributed by atoms with Crippen LogP contribution in [0.4, 0.5) is 0 Å². The molecule has 1 atom stereocenters. The van der Waals surface area contributed by atoms with Gasteiger partial charge >= 0.3 is 0 Å². The molecule has 1 rings (SSSR count). The molecule has 1 unspecified atom stereocenters. The van der Waals surface area contributed by atoms with Crippen molar-refractivity contribution in [2.75, 3.05) is 6.54 Å². The summed E-state index contributed by atoms with van der Waals surface area (Å²) in [7, 11) is -3.07. The molecule has 0 aliphatic heterocycles. The van der Waals surface area contributed by atoms with Gasteiger partial charge in [-0.2, -0.15) is 0 Å². The van der Waals surface area contributed by atoms with E-state index in [0.29, 0.717) is 6.54 Å². The predicted octanol–water partition coefficient (Wildman–Crippen LogP) is 1.37. The lowest BCUT2D eigenvalue weighted by Crippen LogP contribution is -2.36. The Balaban J connectivity index is 2.27. The largest absolute Gasteiger partial charge is 0.328 e. The first-order chi connectivity index (χ1) is 7.52. The topological polar surface area (TPSA) is 72.2 Å². The lowest BCUT2D eigenvalue weighted by molar-refractivity contribution is 0.476. The van der Waals surface area contributed by atoms with E-state index in [1.165, 1.54) is 6.42 Å². The van der Waals surface area contributed by atoms with Gasteiger partial charge in [-0.1, -0.05) is 19.3 Å². The number of hydrogen-bond donors (Lipinski definition) is 2. The molecule has 3 N–H and O–H groups in total. The van der Waals surface area contributed by atoms with Crippen LogP contribution in [0, 0.1) is 0 Å². The van der Waals surface area contributed by atoms with Crippen LogP contribution in [0.3, 0.4) is 0 Å². The summed E-state index contributed by atoms with van der Waals surface area (Å²) in [5.74, 6) is 0. The van der Waals surface area contributed by atoms with E-state index in [1.807, 2.05) is 6.92 Å². The van der Waals surface area contributed by atoms with Crippen LogP contribution in [0.5, 0.6) is 0 Å². The standard InChI is InChI=1S/C11H24N2O2S/c1-10(12)6-5-9-13-16(14,15)11-7-3-2-4-8-11/h10-11,13H,2-9,12H2,1H3. The van der Waals surface area contributed by atoms with Gasteiger partial charge in [0, 0.05) is 12.6 Å². The average molecular weight is 248 g/mol. The summed E-state index contributed by atoms with van der Waals surface area (Å²) in [6.07, 6.45) is 6.61. The first kappa shape index (κ1) is 13.9. The molecular weight excluding hydrogens is 224 g/mol. The molecule has 0 aromatic carbocycles. The monoisotopic (exact) mass is 248 g/mol. The Morgan fingerprint density at radius 1 is 1.31 bits per heavy atom. The molecule has 1 saturated carbocycles. The van der Waals surface area contributed by atoms with Gasteiger partial charge < -0.3 is 5.73 Å². The fraction of sp³-hybridized carbons (Fsp3) is 1.00. The highest BCUT2D eigenvalue weighted by Gasteiger charge is 2.26. The average Bonchev–Trinajstić information content (AvgIpc) is 2.26. The molecule has 1 aliphatic carbocycles. The van der Waals surface area contributed by atoms with E-state index in [4.69, 9.17) is 5.73 Å². The molecule has 1 aliphatic rings. The molecule has 0 aromatic rings. The summed E-state index contributed by atoms with van der Waals surface area (Å²) in [5, 5.41) is -0.156. The molecular formula is C11H24N2O2S. The van der Waals surface area contributed by atoms with Crippen molar-refractivity contribution in [3.8, 4) is 0 Å². The minimum Gasteiger partial charge on any atom is -0.328 e. The third-order valence-corrected chi connectivity index (χ3v) is 5.09. The van der Waals surface area contributed by atoms with Crippen molar-refractivity contribution in [1.82, 2.24) is 4.72 Å². The van der Waals surface area contributed by atoms with Gasteiger partial charge in [-0.25, -0.2) is 13.1 Å². The minimum absolute atomic E-state index is 0.152. The van der Waals surface area contributed by atoms with E-state index in [9.17, 15) is 8.42 Å². The summed E-state index contributed by atoms with van der Waals surface area (Å²) in [6, 6.07) is 0.152. The molecule has 16 heavy (non-hydrogen) atoms. The molecule has 0 spiro atoms. The summed E-state index contributed by atoms with van der Waals surface area (Å²) in [6.45, 7) is 2.47. The second-order valence-electron chi connectivity index (χ2n) is 4.82. The molecule has 0 heterocycles. The lowest BCUT2D eigenvalue weighted by Gasteiger charge is -2.22. The van der Waals surface area contributed by atoms with Gasteiger partial charge in [0.25, 0.3) is 0 Å². The van der Waals surface area contributed by atoms with E-state index in [1.54, 1.807) is 0 Å². The Morgan fingerprint density at radius 3 is 2.50 bits per heavy atom. The summed E-state index contributed by atoms with van der Waals surface area (Å²) in [5.41, 5.74) is 5.61. The van der Waals surface area contributed by atoms with E-state index in [0.717, 1.165) is 38.5 Å². The van der Waals surface area contributed by atoms with Crippen LogP contribution in [0.25, 0.3) is 0 Å². The molecule has 1 fully saturated rings. The van der Waals surface area contributed by atoms with Crippen LogP contribution in [0.15, 0.2) is 0 Å². The van der Waals surface area contributed by atoms with Crippen molar-refractivity contribution in [3.05, 3.63) is 0 Å². The fourth-order valence-corrected chi connectivity index (χ4v) is 3.75. The second kappa shape index (κ2) is 6.57. The third kappa shape index (κ3) is 4.80. The maximum Gasteiger partial charge on any atom is 0.214 e. The molecule has 0 saturated heterocycles. The zero-order valence-corrected chi connectivity index (χ0v) is 10.9. The van der Waals surface area contributed by atoms with Crippen LogP contribution in [-0.4, -0.2) is 26.3 Å². The Hall–Kier alpha value is -0.130. The SMILES string of the molecule is CC(N)CCCNS(=O)(=O)C1CCCCC1. The molecule has 5 heteroatoms. The van der Waals surface area contributed by atoms with E-state index >= 15 is 0 Å². The van der Waals surface area contributed by atoms with Crippen LogP contribution < -0.4 is 10.5 Å². The summed E-state index contributed by atoms with van der Waals surface area (Å²) in [4.78, 5) is 0. The van der Waals surface area contributed by atoms with Gasteiger partial charge in [0.2, 0.25) is 10.0 Å². The van der Waals surface area contributed by atoms with Crippen molar-refractivity contribution < 1.29 is 8.42 Å². The van der Waals surface area contributed by atoms with E-state index in [-0.39, 0.29) is 11.3 Å². The van der Waals surface area contributed by atoms with Gasteiger partial charge in [0.15, 0.2) is 0 Å². The minimum atomic E-state index is -3.07. The van der Waals surface area contributed by atoms with Crippen LogP contribution in [0.2, 0.25) is 0 Å². The van der Waals surface area contributed by atoms with Gasteiger partial charge in [0.05, 0.1) is 5.25 Å². The van der Waals surface area contributed by atoms with Gasteiger partial charge in [-0.3, -0.25) is 0 Å². The van der Waals surface area contributed by atoms with E-state index < -0.39 is 10.0 Å². The molecule has 4 nitrogen and oxygen atoms in total. The van der Waals surface area contributed by atoms with Crippen LogP contribution in [0.1, 0.15) is 51.9 Å². The first-order valence-corrected chi connectivity index (χ1v) is 7.81. The Kier molecular flexibility index (Phi) is 5.72. The summed E-state index contributed by atoms with van der Waals surface area (Å²) >= 11 is 0. The Bertz CT molecular complexity index is 282. The molecule has 0 amide bonds. The third-order valence-electron chi connectivity index (χ3n) is 3.13. The maximum atomic E-state index is 11.9. The Morgan fingerprint density at radius 2 is 1.94 bits per heavy atom. The van der Waals surface area contributed by atoms with Crippen molar-refractivity contribution in [3.63, 3.8) is 0 Å². The zero-order valence-electron chi connectivity index (χ0n) is 10.1. The normalized spacial score (nSPS) is 20.9. The Labute approximate surface area is 99.0 Å². The number of nitrogens with one attached hydrogen (secondary N) is 1. The zero-order chi connectivity index (χ0) is 12.0. The van der Waals surface area contributed by atoms with Gasteiger partial charge in [-0.05, 0) is 32.6 Å².